The smallest absolute Gasteiger partial charge is 0.240 e. The van der Waals surface area contributed by atoms with Gasteiger partial charge in [0.15, 0.2) is 5.82 Å². The van der Waals surface area contributed by atoms with Crippen LogP contribution >= 0.6 is 0 Å². The first-order valence-electron chi connectivity index (χ1n) is 7.09. The third-order valence-electron chi connectivity index (χ3n) is 3.71. The second-order valence-electron chi connectivity index (χ2n) is 5.23. The molecule has 20 heavy (non-hydrogen) atoms. The van der Waals surface area contributed by atoms with Crippen molar-refractivity contribution in [1.29, 1.82) is 0 Å². The lowest BCUT2D eigenvalue weighted by Crippen LogP contribution is -2.25. The van der Waals surface area contributed by atoms with Crippen LogP contribution in [0.4, 0.5) is 4.39 Å². The van der Waals surface area contributed by atoms with Gasteiger partial charge in [0.1, 0.15) is 5.82 Å². The monoisotopic (exact) mass is 275 g/mol. The largest absolute Gasteiger partial charge is 0.338 e. The van der Waals surface area contributed by atoms with Gasteiger partial charge in [-0.3, -0.25) is 0 Å². The van der Waals surface area contributed by atoms with E-state index in [4.69, 9.17) is 4.52 Å². The Kier molecular flexibility index (Phi) is 4.06. The lowest BCUT2D eigenvalue weighted by molar-refractivity contribution is 0.353. The Hall–Kier alpha value is -1.75. The van der Waals surface area contributed by atoms with Crippen LogP contribution in [0, 0.1) is 5.82 Å². The van der Waals surface area contributed by atoms with Gasteiger partial charge >= 0.3 is 0 Å². The summed E-state index contributed by atoms with van der Waals surface area (Å²) in [6, 6.07) is 7.23. The number of nitrogens with zero attached hydrogens (tertiary/aromatic N) is 2. The zero-order valence-corrected chi connectivity index (χ0v) is 11.3. The Morgan fingerprint density at radius 1 is 1.25 bits per heavy atom. The molecule has 1 aliphatic carbocycles. The molecule has 0 spiro atoms. The Morgan fingerprint density at radius 2 is 2.05 bits per heavy atom. The summed E-state index contributed by atoms with van der Waals surface area (Å²) in [4.78, 5) is 4.30. The molecule has 1 fully saturated rings. The number of nitrogens with one attached hydrogen (secondary N) is 1. The van der Waals surface area contributed by atoms with Gasteiger partial charge in [-0.2, -0.15) is 4.98 Å². The molecular weight excluding hydrogens is 257 g/mol. The highest BCUT2D eigenvalue weighted by Crippen LogP contribution is 2.18. The van der Waals surface area contributed by atoms with Crippen LogP contribution in [-0.2, 0) is 13.0 Å². The summed E-state index contributed by atoms with van der Waals surface area (Å²) < 4.78 is 18.7. The van der Waals surface area contributed by atoms with E-state index in [1.165, 1.54) is 31.7 Å². The van der Waals surface area contributed by atoms with E-state index in [-0.39, 0.29) is 5.82 Å². The zero-order chi connectivity index (χ0) is 13.8. The first-order valence-corrected chi connectivity index (χ1v) is 7.09. The van der Waals surface area contributed by atoms with Crippen LogP contribution < -0.4 is 5.32 Å². The van der Waals surface area contributed by atoms with E-state index in [1.807, 2.05) is 0 Å². The molecule has 0 unspecified atom stereocenters. The molecule has 1 heterocycles. The SMILES string of the molecule is Fc1ccccc1Cc1noc(CNC2CCCC2)n1. The fraction of sp³-hybridized carbons (Fsp3) is 0.467. The van der Waals surface area contributed by atoms with E-state index in [0.717, 1.165) is 0 Å². The molecule has 0 radical (unpaired) electrons. The zero-order valence-electron chi connectivity index (χ0n) is 11.3. The molecule has 0 saturated heterocycles. The molecule has 2 aromatic rings. The number of benzene rings is 1. The predicted molar refractivity (Wildman–Crippen MR) is 72.6 cm³/mol. The molecule has 3 rings (SSSR count). The average molecular weight is 275 g/mol. The first-order chi connectivity index (χ1) is 9.81. The number of hydrogen-bond donors (Lipinski definition) is 1. The summed E-state index contributed by atoms with van der Waals surface area (Å²) in [5.41, 5.74) is 0.587. The van der Waals surface area contributed by atoms with Crippen LogP contribution in [0.15, 0.2) is 28.8 Å². The van der Waals surface area contributed by atoms with Crippen molar-refractivity contribution in [2.45, 2.75) is 44.7 Å². The molecule has 1 N–H and O–H groups in total. The predicted octanol–water partition coefficient (Wildman–Crippen LogP) is 2.83. The minimum atomic E-state index is -0.233. The molecule has 0 amide bonds. The lowest BCUT2D eigenvalue weighted by Gasteiger charge is -2.08. The van der Waals surface area contributed by atoms with Gasteiger partial charge in [-0.25, -0.2) is 4.39 Å². The molecule has 1 saturated carbocycles. The van der Waals surface area contributed by atoms with Crippen LogP contribution in [0.1, 0.15) is 43.0 Å². The fourth-order valence-corrected chi connectivity index (χ4v) is 2.61. The third-order valence-corrected chi connectivity index (χ3v) is 3.71. The van der Waals surface area contributed by atoms with E-state index in [2.05, 4.69) is 15.5 Å². The molecule has 0 aliphatic heterocycles. The van der Waals surface area contributed by atoms with Crippen molar-refractivity contribution >= 4 is 0 Å². The average Bonchev–Trinajstić information content (AvgIpc) is 3.10. The molecule has 1 aromatic carbocycles. The molecule has 0 atom stereocenters. The second-order valence-corrected chi connectivity index (χ2v) is 5.23. The van der Waals surface area contributed by atoms with Crippen LogP contribution in [0.25, 0.3) is 0 Å². The van der Waals surface area contributed by atoms with Crippen molar-refractivity contribution in [2.24, 2.45) is 0 Å². The topological polar surface area (TPSA) is 51.0 Å². The van der Waals surface area contributed by atoms with Crippen molar-refractivity contribution in [1.82, 2.24) is 15.5 Å². The number of halogens is 1. The summed E-state index contributed by atoms with van der Waals surface area (Å²) in [6.07, 6.45) is 5.38. The van der Waals surface area contributed by atoms with Crippen LogP contribution in [-0.4, -0.2) is 16.2 Å². The maximum atomic E-state index is 13.5. The minimum Gasteiger partial charge on any atom is -0.338 e. The highest BCUT2D eigenvalue weighted by molar-refractivity contribution is 5.20. The van der Waals surface area contributed by atoms with Gasteiger partial charge in [-0.15, -0.1) is 0 Å². The first kappa shape index (κ1) is 13.2. The van der Waals surface area contributed by atoms with E-state index in [0.29, 0.717) is 36.3 Å². The van der Waals surface area contributed by atoms with Gasteiger partial charge in [0.25, 0.3) is 0 Å². The number of aromatic nitrogens is 2. The van der Waals surface area contributed by atoms with E-state index < -0.39 is 0 Å². The fourth-order valence-electron chi connectivity index (χ4n) is 2.61. The molecule has 4 nitrogen and oxygen atoms in total. The van der Waals surface area contributed by atoms with Crippen molar-refractivity contribution in [2.75, 3.05) is 0 Å². The quantitative estimate of drug-likeness (QED) is 0.911. The molecule has 0 bridgehead atoms. The summed E-state index contributed by atoms with van der Waals surface area (Å²) in [5.74, 6) is 0.865. The summed E-state index contributed by atoms with van der Waals surface area (Å²) in [6.45, 7) is 0.592. The summed E-state index contributed by atoms with van der Waals surface area (Å²) in [5, 5.41) is 7.32. The van der Waals surface area contributed by atoms with Gasteiger partial charge in [0.05, 0.1) is 6.54 Å². The van der Waals surface area contributed by atoms with Gasteiger partial charge in [-0.1, -0.05) is 36.2 Å². The summed E-state index contributed by atoms with van der Waals surface area (Å²) >= 11 is 0. The Morgan fingerprint density at radius 3 is 2.85 bits per heavy atom. The Labute approximate surface area is 117 Å². The number of hydrogen-bond acceptors (Lipinski definition) is 4. The highest BCUT2D eigenvalue weighted by atomic mass is 19.1. The van der Waals surface area contributed by atoms with Crippen molar-refractivity contribution in [3.05, 3.63) is 47.4 Å². The van der Waals surface area contributed by atoms with Gasteiger partial charge in [-0.05, 0) is 24.5 Å². The summed E-state index contributed by atoms with van der Waals surface area (Å²) in [7, 11) is 0. The molecule has 106 valence electrons. The van der Waals surface area contributed by atoms with Crippen molar-refractivity contribution < 1.29 is 8.91 Å². The van der Waals surface area contributed by atoms with Gasteiger partial charge in [0.2, 0.25) is 5.89 Å². The Balaban J connectivity index is 1.57. The molecular formula is C15H18FN3O. The second kappa shape index (κ2) is 6.13. The lowest BCUT2D eigenvalue weighted by atomic mass is 10.1. The standard InChI is InChI=1S/C15H18FN3O/c16-13-8-4-1-5-11(13)9-14-18-15(20-19-14)10-17-12-6-2-3-7-12/h1,4-5,8,12,17H,2-3,6-7,9-10H2. The van der Waals surface area contributed by atoms with E-state index in [1.54, 1.807) is 18.2 Å². The highest BCUT2D eigenvalue weighted by Gasteiger charge is 2.16. The van der Waals surface area contributed by atoms with E-state index >= 15 is 0 Å². The Bertz CT molecular complexity index is 564. The maximum Gasteiger partial charge on any atom is 0.240 e. The molecule has 5 heteroatoms. The molecule has 1 aromatic heterocycles. The van der Waals surface area contributed by atoms with Crippen molar-refractivity contribution in [3.63, 3.8) is 0 Å². The maximum absolute atomic E-state index is 13.5. The van der Waals surface area contributed by atoms with Gasteiger partial charge < -0.3 is 9.84 Å². The van der Waals surface area contributed by atoms with Gasteiger partial charge in [0, 0.05) is 12.5 Å². The van der Waals surface area contributed by atoms with Crippen LogP contribution in [0.5, 0.6) is 0 Å². The molecule has 1 aliphatic rings. The third kappa shape index (κ3) is 3.22. The normalized spacial score (nSPS) is 15.8. The minimum absolute atomic E-state index is 0.233. The number of rotatable bonds is 5. The van der Waals surface area contributed by atoms with Crippen LogP contribution in [0.2, 0.25) is 0 Å². The van der Waals surface area contributed by atoms with E-state index in [9.17, 15) is 4.39 Å². The van der Waals surface area contributed by atoms with Crippen molar-refractivity contribution in [3.8, 4) is 0 Å². The van der Waals surface area contributed by atoms with Crippen LogP contribution in [0.3, 0.4) is 0 Å².